The third kappa shape index (κ3) is 2.29. The number of rotatable bonds is 2. The van der Waals surface area contributed by atoms with Gasteiger partial charge in [-0.1, -0.05) is 46.2 Å². The van der Waals surface area contributed by atoms with E-state index in [1.165, 1.54) is 5.56 Å². The molecule has 2 aliphatic rings. The summed E-state index contributed by atoms with van der Waals surface area (Å²) in [6.07, 6.45) is 3.56. The number of fused-ring (bicyclic) bond motifs is 3. The van der Waals surface area contributed by atoms with Crippen LogP contribution < -0.4 is 0 Å². The molecule has 3 rings (SSSR count). The number of Topliss-reactive ketones (excluding diaryl/α,β-unsaturated/α-hetero) is 2. The Bertz CT molecular complexity index is 668. The molecule has 0 N–H and O–H groups in total. The molecule has 2 atom stereocenters. The maximum absolute atomic E-state index is 12.9. The molecular weight excluding hydrogens is 284 g/mol. The lowest BCUT2D eigenvalue weighted by Gasteiger charge is -2.54. The molecule has 124 valence electrons. The molecule has 0 spiro atoms. The lowest BCUT2D eigenvalue weighted by atomic mass is 9.48. The number of hydrogen-bond donors (Lipinski definition) is 0. The molecule has 1 saturated carbocycles. The molecule has 2 aliphatic carbocycles. The highest BCUT2D eigenvalue weighted by atomic mass is 16.1. The molecular formula is C21H28O2. The molecule has 0 amide bonds. The van der Waals surface area contributed by atoms with Crippen molar-refractivity contribution >= 4 is 11.6 Å². The monoisotopic (exact) mass is 312 g/mol. The number of carbonyl (C=O) groups excluding carboxylic acids is 2. The van der Waals surface area contributed by atoms with E-state index in [0.717, 1.165) is 30.4 Å². The van der Waals surface area contributed by atoms with Crippen molar-refractivity contribution in [2.75, 3.05) is 0 Å². The Hall–Kier alpha value is -1.44. The predicted octanol–water partition coefficient (Wildman–Crippen LogP) is 5.05. The first-order valence-electron chi connectivity index (χ1n) is 8.89. The van der Waals surface area contributed by atoms with Crippen LogP contribution in [-0.2, 0) is 10.2 Å². The zero-order valence-electron chi connectivity index (χ0n) is 15.0. The summed E-state index contributed by atoms with van der Waals surface area (Å²) in [5, 5.41) is 0. The summed E-state index contributed by atoms with van der Waals surface area (Å²) in [4.78, 5) is 25.7. The topological polar surface area (TPSA) is 34.1 Å². The molecule has 0 bridgehead atoms. The van der Waals surface area contributed by atoms with E-state index in [-0.39, 0.29) is 22.9 Å². The number of benzene rings is 1. The number of hydrogen-bond acceptors (Lipinski definition) is 2. The van der Waals surface area contributed by atoms with E-state index in [0.29, 0.717) is 12.3 Å². The van der Waals surface area contributed by atoms with E-state index < -0.39 is 5.41 Å². The van der Waals surface area contributed by atoms with Crippen LogP contribution in [0.4, 0.5) is 0 Å². The van der Waals surface area contributed by atoms with Crippen LogP contribution in [0.3, 0.4) is 0 Å². The van der Waals surface area contributed by atoms with Gasteiger partial charge in [-0.25, -0.2) is 0 Å². The molecule has 2 heteroatoms. The van der Waals surface area contributed by atoms with E-state index in [1.807, 2.05) is 6.07 Å². The van der Waals surface area contributed by atoms with Crippen molar-refractivity contribution in [2.45, 2.75) is 71.6 Å². The Morgan fingerprint density at radius 1 is 1.22 bits per heavy atom. The highest BCUT2D eigenvalue weighted by Gasteiger charge is 2.56. The van der Waals surface area contributed by atoms with Crippen LogP contribution >= 0.6 is 0 Å². The summed E-state index contributed by atoms with van der Waals surface area (Å²) in [5.41, 5.74) is 2.57. The molecule has 1 fully saturated rings. The van der Waals surface area contributed by atoms with Crippen molar-refractivity contribution in [2.24, 2.45) is 11.3 Å². The van der Waals surface area contributed by atoms with E-state index in [2.05, 4.69) is 39.8 Å². The van der Waals surface area contributed by atoms with Gasteiger partial charge in [-0.2, -0.15) is 0 Å². The van der Waals surface area contributed by atoms with Gasteiger partial charge < -0.3 is 0 Å². The fourth-order valence-corrected chi connectivity index (χ4v) is 5.06. The second kappa shape index (κ2) is 5.29. The molecule has 0 saturated heterocycles. The summed E-state index contributed by atoms with van der Waals surface area (Å²) < 4.78 is 0. The highest BCUT2D eigenvalue weighted by Crippen LogP contribution is 2.57. The first-order valence-corrected chi connectivity index (χ1v) is 8.89. The minimum atomic E-state index is -0.458. The summed E-state index contributed by atoms with van der Waals surface area (Å²) in [6, 6.07) is 6.24. The lowest BCUT2D eigenvalue weighted by Crippen LogP contribution is -2.54. The summed E-state index contributed by atoms with van der Waals surface area (Å²) in [5.74, 6) is 0.980. The predicted molar refractivity (Wildman–Crippen MR) is 93.0 cm³/mol. The van der Waals surface area contributed by atoms with Crippen molar-refractivity contribution in [3.05, 3.63) is 34.9 Å². The molecule has 1 aromatic rings. The van der Waals surface area contributed by atoms with Gasteiger partial charge in [-0.15, -0.1) is 0 Å². The van der Waals surface area contributed by atoms with Gasteiger partial charge in [0.05, 0.1) is 5.41 Å². The van der Waals surface area contributed by atoms with Gasteiger partial charge in [0, 0.05) is 12.0 Å². The maximum atomic E-state index is 12.9. The van der Waals surface area contributed by atoms with Crippen LogP contribution in [0.5, 0.6) is 0 Å². The van der Waals surface area contributed by atoms with E-state index in [1.54, 1.807) is 6.92 Å². The quantitative estimate of drug-likeness (QED) is 0.766. The van der Waals surface area contributed by atoms with Crippen molar-refractivity contribution in [3.8, 4) is 0 Å². The first kappa shape index (κ1) is 16.4. The average Bonchev–Trinajstić information content (AvgIpc) is 2.47. The summed E-state index contributed by atoms with van der Waals surface area (Å²) in [6.45, 7) is 10.5. The Morgan fingerprint density at radius 2 is 1.91 bits per heavy atom. The van der Waals surface area contributed by atoms with Gasteiger partial charge in [-0.3, -0.25) is 9.59 Å². The van der Waals surface area contributed by atoms with E-state index >= 15 is 0 Å². The van der Waals surface area contributed by atoms with Crippen molar-refractivity contribution in [1.29, 1.82) is 0 Å². The molecule has 0 aromatic heterocycles. The minimum absolute atomic E-state index is 0.0357. The molecule has 0 radical (unpaired) electrons. The fraction of sp³-hybridized carbons (Fsp3) is 0.619. The molecule has 0 aliphatic heterocycles. The van der Waals surface area contributed by atoms with Crippen LogP contribution in [-0.4, -0.2) is 11.6 Å². The zero-order valence-corrected chi connectivity index (χ0v) is 15.0. The van der Waals surface area contributed by atoms with Crippen molar-refractivity contribution in [1.82, 2.24) is 0 Å². The standard InChI is InChI=1S/C21H28O2/c1-13(2)15-7-8-17-16(11-15)18(23)12-19-20(4,5)9-6-10-21(17,19)14(3)22/h7-8,11,13,19H,6,9-10,12H2,1-5H3/t19-,21-/m0/s1. The second-order valence-electron chi connectivity index (χ2n) is 8.51. The Morgan fingerprint density at radius 3 is 2.52 bits per heavy atom. The minimum Gasteiger partial charge on any atom is -0.299 e. The average molecular weight is 312 g/mol. The molecule has 1 aromatic carbocycles. The van der Waals surface area contributed by atoms with Crippen molar-refractivity contribution in [3.63, 3.8) is 0 Å². The Balaban J connectivity index is 2.25. The molecule has 23 heavy (non-hydrogen) atoms. The third-order valence-corrected chi connectivity index (χ3v) is 6.44. The van der Waals surface area contributed by atoms with Gasteiger partial charge >= 0.3 is 0 Å². The number of carbonyl (C=O) groups is 2. The highest BCUT2D eigenvalue weighted by molar-refractivity contribution is 6.04. The molecule has 2 nitrogen and oxygen atoms in total. The van der Waals surface area contributed by atoms with Crippen LogP contribution in [0.2, 0.25) is 0 Å². The largest absolute Gasteiger partial charge is 0.299 e. The Labute approximate surface area is 139 Å². The first-order chi connectivity index (χ1) is 10.7. The smallest absolute Gasteiger partial charge is 0.163 e. The van der Waals surface area contributed by atoms with E-state index in [4.69, 9.17) is 0 Å². The maximum Gasteiger partial charge on any atom is 0.163 e. The zero-order chi connectivity index (χ0) is 17.0. The summed E-state index contributed by atoms with van der Waals surface area (Å²) >= 11 is 0. The van der Waals surface area contributed by atoms with Gasteiger partial charge in [0.2, 0.25) is 0 Å². The Kier molecular flexibility index (Phi) is 3.78. The third-order valence-electron chi connectivity index (χ3n) is 6.44. The van der Waals surface area contributed by atoms with Crippen LogP contribution in [0.15, 0.2) is 18.2 Å². The van der Waals surface area contributed by atoms with Gasteiger partial charge in [0.25, 0.3) is 0 Å². The fourth-order valence-electron chi connectivity index (χ4n) is 5.06. The molecule has 0 heterocycles. The van der Waals surface area contributed by atoms with Gasteiger partial charge in [0.15, 0.2) is 5.78 Å². The second-order valence-corrected chi connectivity index (χ2v) is 8.51. The molecule has 0 unspecified atom stereocenters. The van der Waals surface area contributed by atoms with Crippen molar-refractivity contribution < 1.29 is 9.59 Å². The normalized spacial score (nSPS) is 29.1. The van der Waals surface area contributed by atoms with Crippen LogP contribution in [0.25, 0.3) is 0 Å². The van der Waals surface area contributed by atoms with Gasteiger partial charge in [0.1, 0.15) is 5.78 Å². The SMILES string of the molecule is CC(=O)[C@]12CCCC(C)(C)[C@@H]1CC(=O)c1cc(C(C)C)ccc12. The van der Waals surface area contributed by atoms with E-state index in [9.17, 15) is 9.59 Å². The van der Waals surface area contributed by atoms with Gasteiger partial charge in [-0.05, 0) is 54.2 Å². The lowest BCUT2D eigenvalue weighted by molar-refractivity contribution is -0.129. The van der Waals surface area contributed by atoms with Crippen LogP contribution in [0.1, 0.15) is 87.7 Å². The summed E-state index contributed by atoms with van der Waals surface area (Å²) in [7, 11) is 0. The number of ketones is 2. The van der Waals surface area contributed by atoms with Crippen LogP contribution in [0, 0.1) is 11.3 Å².